The molecule has 3 fully saturated rings. The number of likely N-dealkylation sites (tertiary alicyclic amines) is 1. The van der Waals surface area contributed by atoms with Crippen molar-refractivity contribution in [2.24, 2.45) is 5.92 Å². The number of carbonyl (C=O) groups is 2. The molecule has 1 aromatic carbocycles. The number of amides is 2. The van der Waals surface area contributed by atoms with E-state index in [1.807, 2.05) is 17.2 Å². The van der Waals surface area contributed by atoms with Crippen LogP contribution in [0.3, 0.4) is 0 Å². The van der Waals surface area contributed by atoms with E-state index in [1.54, 1.807) is 7.11 Å². The van der Waals surface area contributed by atoms with Gasteiger partial charge in [-0.1, -0.05) is 25.3 Å². The van der Waals surface area contributed by atoms with Crippen molar-refractivity contribution in [3.05, 3.63) is 29.1 Å². The van der Waals surface area contributed by atoms with Gasteiger partial charge in [0.2, 0.25) is 0 Å². The van der Waals surface area contributed by atoms with Crippen molar-refractivity contribution < 1.29 is 19.1 Å². The smallest absolute Gasteiger partial charge is 0.323 e. The zero-order valence-corrected chi connectivity index (χ0v) is 25.4. The van der Waals surface area contributed by atoms with Crippen LogP contribution in [0.2, 0.25) is 0 Å². The Morgan fingerprint density at radius 2 is 1.83 bits per heavy atom. The van der Waals surface area contributed by atoms with E-state index in [2.05, 4.69) is 33.3 Å². The Balaban J connectivity index is 1.11. The third kappa shape index (κ3) is 7.99. The molecule has 41 heavy (non-hydrogen) atoms. The van der Waals surface area contributed by atoms with Crippen molar-refractivity contribution in [2.45, 2.75) is 57.8 Å². The standard InChI is InChI=1S/C31H45N5O4S/c1-3-40-29(37)21-35-13-7-8-23(20-35)19-34-14-16-36(17-15-34)31(38)33-30-32-27(22-41-30)26-18-25(11-12-28(26)39-2)24-9-5-4-6-10-24/h11-12,18,22-24H,3-10,13-17,19-21H2,1-2H3,(H,32,33,38)/t23-/m0/s1. The number of carbonyl (C=O) groups excluding carboxylic acids is 2. The minimum absolute atomic E-state index is 0.0910. The summed E-state index contributed by atoms with van der Waals surface area (Å²) in [6.07, 6.45) is 8.70. The number of hydrogen-bond donors (Lipinski definition) is 1. The molecule has 0 spiro atoms. The van der Waals surface area contributed by atoms with E-state index in [0.717, 1.165) is 56.2 Å². The highest BCUT2D eigenvalue weighted by atomic mass is 32.1. The number of piperazine rings is 1. The first-order valence-corrected chi connectivity index (χ1v) is 16.2. The van der Waals surface area contributed by atoms with Crippen molar-refractivity contribution in [1.82, 2.24) is 19.7 Å². The summed E-state index contributed by atoms with van der Waals surface area (Å²) < 4.78 is 10.8. The SMILES string of the molecule is CCOC(=O)CN1CCC[C@@H](CN2CCN(C(=O)Nc3nc(-c4cc(C5CCCCC5)ccc4OC)cs3)CC2)C1. The van der Waals surface area contributed by atoms with E-state index < -0.39 is 0 Å². The van der Waals surface area contributed by atoms with Gasteiger partial charge in [0, 0.05) is 50.2 Å². The van der Waals surface area contributed by atoms with Gasteiger partial charge in [0.15, 0.2) is 5.13 Å². The molecule has 1 saturated carbocycles. The summed E-state index contributed by atoms with van der Waals surface area (Å²) in [6, 6.07) is 6.39. The van der Waals surface area contributed by atoms with Crippen molar-refractivity contribution in [1.29, 1.82) is 0 Å². The number of aromatic nitrogens is 1. The Kier molecular flexibility index (Phi) is 10.5. The maximum absolute atomic E-state index is 13.1. The van der Waals surface area contributed by atoms with Crippen LogP contribution in [0.4, 0.5) is 9.93 Å². The number of ether oxygens (including phenoxy) is 2. The topological polar surface area (TPSA) is 87.2 Å². The molecular weight excluding hydrogens is 538 g/mol. The molecule has 10 heteroatoms. The number of esters is 1. The van der Waals surface area contributed by atoms with Crippen molar-refractivity contribution in [3.8, 4) is 17.0 Å². The number of piperidine rings is 1. The largest absolute Gasteiger partial charge is 0.496 e. The number of benzene rings is 1. The van der Waals surface area contributed by atoms with Gasteiger partial charge in [-0.25, -0.2) is 9.78 Å². The molecule has 3 aliphatic rings. The first-order valence-electron chi connectivity index (χ1n) is 15.3. The van der Waals surface area contributed by atoms with Gasteiger partial charge < -0.3 is 14.4 Å². The van der Waals surface area contributed by atoms with Crippen LogP contribution >= 0.6 is 11.3 Å². The van der Waals surface area contributed by atoms with Gasteiger partial charge in [-0.05, 0) is 68.7 Å². The van der Waals surface area contributed by atoms with Crippen LogP contribution in [0, 0.1) is 5.92 Å². The molecule has 1 atom stereocenters. The number of thiazole rings is 1. The Morgan fingerprint density at radius 1 is 1.02 bits per heavy atom. The highest BCUT2D eigenvalue weighted by molar-refractivity contribution is 7.14. The molecule has 1 aliphatic carbocycles. The lowest BCUT2D eigenvalue weighted by Crippen LogP contribution is -2.52. The quantitative estimate of drug-likeness (QED) is 0.402. The van der Waals surface area contributed by atoms with Gasteiger partial charge >= 0.3 is 12.0 Å². The predicted molar refractivity (Wildman–Crippen MR) is 163 cm³/mol. The van der Waals surface area contributed by atoms with Crippen LogP contribution in [-0.4, -0.2) is 97.8 Å². The van der Waals surface area contributed by atoms with E-state index in [-0.39, 0.29) is 12.0 Å². The minimum Gasteiger partial charge on any atom is -0.496 e. The number of anilines is 1. The molecule has 0 bridgehead atoms. The third-order valence-electron chi connectivity index (χ3n) is 8.73. The number of methoxy groups -OCH3 is 1. The van der Waals surface area contributed by atoms with E-state index in [0.29, 0.717) is 43.2 Å². The molecule has 0 radical (unpaired) electrons. The molecule has 0 unspecified atom stereocenters. The zero-order valence-electron chi connectivity index (χ0n) is 24.6. The highest BCUT2D eigenvalue weighted by Crippen LogP contribution is 2.38. The fraction of sp³-hybridized carbons (Fsp3) is 0.645. The van der Waals surface area contributed by atoms with Crippen molar-refractivity contribution in [2.75, 3.05) is 71.4 Å². The van der Waals surface area contributed by atoms with Crippen LogP contribution in [0.5, 0.6) is 5.75 Å². The lowest BCUT2D eigenvalue weighted by atomic mass is 9.83. The second kappa shape index (κ2) is 14.5. The first kappa shape index (κ1) is 29.8. The number of hydrogen-bond acceptors (Lipinski definition) is 8. The second-order valence-corrected chi connectivity index (χ2v) is 12.5. The number of nitrogens with zero attached hydrogens (tertiary/aromatic N) is 4. The molecule has 2 saturated heterocycles. The van der Waals surface area contributed by atoms with Gasteiger partial charge in [-0.2, -0.15) is 0 Å². The lowest BCUT2D eigenvalue weighted by molar-refractivity contribution is -0.144. The summed E-state index contributed by atoms with van der Waals surface area (Å²) >= 11 is 1.46. The van der Waals surface area contributed by atoms with E-state index in [9.17, 15) is 9.59 Å². The number of rotatable bonds is 9. The van der Waals surface area contributed by atoms with Crippen LogP contribution < -0.4 is 10.1 Å². The fourth-order valence-electron chi connectivity index (χ4n) is 6.57. The van der Waals surface area contributed by atoms with Gasteiger partial charge in [0.25, 0.3) is 0 Å². The van der Waals surface area contributed by atoms with Gasteiger partial charge in [0.1, 0.15) is 5.75 Å². The molecule has 1 N–H and O–H groups in total. The average Bonchev–Trinajstić information content (AvgIpc) is 3.46. The van der Waals surface area contributed by atoms with Crippen molar-refractivity contribution in [3.63, 3.8) is 0 Å². The van der Waals surface area contributed by atoms with E-state index in [4.69, 9.17) is 14.5 Å². The maximum Gasteiger partial charge on any atom is 0.323 e. The number of nitrogens with one attached hydrogen (secondary N) is 1. The lowest BCUT2D eigenvalue weighted by Gasteiger charge is -2.39. The van der Waals surface area contributed by atoms with E-state index >= 15 is 0 Å². The van der Waals surface area contributed by atoms with Crippen LogP contribution in [0.15, 0.2) is 23.6 Å². The summed E-state index contributed by atoms with van der Waals surface area (Å²) in [5, 5.41) is 5.65. The average molecular weight is 584 g/mol. The molecular formula is C31H45N5O4S. The Hall–Kier alpha value is -2.69. The Morgan fingerprint density at radius 3 is 2.59 bits per heavy atom. The molecule has 2 aliphatic heterocycles. The summed E-state index contributed by atoms with van der Waals surface area (Å²) in [4.78, 5) is 36.3. The first-order chi connectivity index (χ1) is 20.0. The summed E-state index contributed by atoms with van der Waals surface area (Å²) in [5.74, 6) is 1.82. The predicted octanol–water partition coefficient (Wildman–Crippen LogP) is 5.29. The van der Waals surface area contributed by atoms with Crippen LogP contribution in [0.1, 0.15) is 63.4 Å². The highest BCUT2D eigenvalue weighted by Gasteiger charge is 2.27. The van der Waals surface area contributed by atoms with E-state index in [1.165, 1.54) is 55.4 Å². The molecule has 3 heterocycles. The summed E-state index contributed by atoms with van der Waals surface area (Å²) in [5.41, 5.74) is 3.19. The molecule has 9 nitrogen and oxygen atoms in total. The fourth-order valence-corrected chi connectivity index (χ4v) is 7.27. The maximum atomic E-state index is 13.1. The van der Waals surface area contributed by atoms with Crippen LogP contribution in [0.25, 0.3) is 11.3 Å². The summed E-state index contributed by atoms with van der Waals surface area (Å²) in [7, 11) is 1.70. The molecule has 224 valence electrons. The van der Waals surface area contributed by atoms with Crippen LogP contribution in [-0.2, 0) is 9.53 Å². The van der Waals surface area contributed by atoms with Gasteiger partial charge in [0.05, 0.1) is 26.0 Å². The zero-order chi connectivity index (χ0) is 28.6. The van der Waals surface area contributed by atoms with Crippen molar-refractivity contribution >= 4 is 28.5 Å². The monoisotopic (exact) mass is 583 g/mol. The molecule has 2 aromatic rings. The second-order valence-electron chi connectivity index (χ2n) is 11.6. The minimum atomic E-state index is -0.132. The normalized spacial score (nSPS) is 21.0. The Bertz CT molecular complexity index is 1160. The third-order valence-corrected chi connectivity index (χ3v) is 9.49. The number of urea groups is 1. The molecule has 5 rings (SSSR count). The van der Waals surface area contributed by atoms with Gasteiger partial charge in [-0.3, -0.25) is 19.9 Å². The van der Waals surface area contributed by atoms with Gasteiger partial charge in [-0.15, -0.1) is 11.3 Å². The molecule has 2 amide bonds. The summed E-state index contributed by atoms with van der Waals surface area (Å²) in [6.45, 7) is 8.66. The Labute approximate surface area is 248 Å². The molecule has 1 aromatic heterocycles.